The van der Waals surface area contributed by atoms with Gasteiger partial charge in [-0.1, -0.05) is 6.07 Å². The maximum absolute atomic E-state index is 12.7. The number of thiazole rings is 1. The molecule has 1 aliphatic heterocycles. The van der Waals surface area contributed by atoms with Crippen LogP contribution in [0.1, 0.15) is 40.7 Å². The summed E-state index contributed by atoms with van der Waals surface area (Å²) in [6, 6.07) is 9.24. The van der Waals surface area contributed by atoms with Crippen molar-refractivity contribution in [1.29, 1.82) is 5.26 Å². The second-order valence-corrected chi connectivity index (χ2v) is 10.1. The summed E-state index contributed by atoms with van der Waals surface area (Å²) in [7, 11) is 0. The van der Waals surface area contributed by atoms with Crippen molar-refractivity contribution in [3.8, 4) is 16.8 Å². The van der Waals surface area contributed by atoms with Crippen molar-refractivity contribution in [3.05, 3.63) is 52.8 Å². The summed E-state index contributed by atoms with van der Waals surface area (Å²) < 4.78 is 0. The van der Waals surface area contributed by atoms with E-state index in [0.29, 0.717) is 12.5 Å². The molecule has 1 saturated heterocycles. The zero-order valence-corrected chi connectivity index (χ0v) is 21.0. The number of hydrogen-bond donors (Lipinski definition) is 4. The Balaban J connectivity index is 1.26. The second kappa shape index (κ2) is 11.9. The topological polar surface area (TPSA) is 153 Å². The van der Waals surface area contributed by atoms with Gasteiger partial charge in [0.05, 0.1) is 17.5 Å². The van der Waals surface area contributed by atoms with Gasteiger partial charge in [0.2, 0.25) is 0 Å². The predicted octanol–water partition coefficient (Wildman–Crippen LogP) is 2.49. The fourth-order valence-corrected chi connectivity index (χ4v) is 4.99. The number of anilines is 2. The Bertz CT molecular complexity index is 1220. The minimum atomic E-state index is -0.637. The highest BCUT2D eigenvalue weighted by molar-refractivity contribution is 7.14. The summed E-state index contributed by atoms with van der Waals surface area (Å²) in [5.74, 6) is 0.242. The van der Waals surface area contributed by atoms with Crippen molar-refractivity contribution in [3.63, 3.8) is 0 Å². The summed E-state index contributed by atoms with van der Waals surface area (Å²) >= 11 is 1.67. The van der Waals surface area contributed by atoms with Crippen molar-refractivity contribution >= 4 is 28.7 Å². The molecule has 36 heavy (non-hydrogen) atoms. The number of aliphatic hydroxyl groups is 1. The fraction of sp³-hybridized carbons (Fsp3) is 0.400. The van der Waals surface area contributed by atoms with Gasteiger partial charge in [0, 0.05) is 36.9 Å². The molecule has 10 nitrogen and oxygen atoms in total. The number of nitrogens with two attached hydrogens (primary N) is 1. The molecule has 0 radical (unpaired) electrons. The molecule has 5 N–H and O–H groups in total. The van der Waals surface area contributed by atoms with Crippen LogP contribution in [-0.4, -0.2) is 63.1 Å². The van der Waals surface area contributed by atoms with Crippen LogP contribution < -0.4 is 16.4 Å². The number of nitrogen functional groups attached to an aromatic ring is 1. The maximum atomic E-state index is 12.7. The summed E-state index contributed by atoms with van der Waals surface area (Å²) in [4.78, 5) is 29.5. The molecule has 3 aromatic heterocycles. The number of nitrogens with one attached hydrogen (secondary N) is 2. The number of carbonyl (C=O) groups excluding carboxylic acids is 1. The first kappa shape index (κ1) is 25.5. The lowest BCUT2D eigenvalue weighted by Crippen LogP contribution is -2.38. The number of hydrogen-bond acceptors (Lipinski definition) is 10. The van der Waals surface area contributed by atoms with E-state index in [-0.39, 0.29) is 35.2 Å². The number of pyridine rings is 2. The van der Waals surface area contributed by atoms with Crippen LogP contribution in [0.15, 0.2) is 36.7 Å². The van der Waals surface area contributed by atoms with Crippen molar-refractivity contribution in [2.24, 2.45) is 5.92 Å². The van der Waals surface area contributed by atoms with Crippen molar-refractivity contribution in [2.45, 2.75) is 32.4 Å². The van der Waals surface area contributed by atoms with Crippen molar-refractivity contribution in [2.75, 3.05) is 37.2 Å². The molecule has 0 aliphatic carbocycles. The highest BCUT2D eigenvalue weighted by Crippen LogP contribution is 2.26. The first-order chi connectivity index (χ1) is 17.4. The lowest BCUT2D eigenvalue weighted by atomic mass is 9.96. The SMILES string of the molecule is CC(O)CNc1nc(C(=O)NCC2CCN(Cc3cnc(-c4ccccn4)s3)CC2)cc(N)c1C#N. The lowest BCUT2D eigenvalue weighted by Gasteiger charge is -2.31. The molecular formula is C25H30N8O2S. The maximum Gasteiger partial charge on any atom is 0.270 e. The molecule has 11 heteroatoms. The fourth-order valence-electron chi connectivity index (χ4n) is 4.06. The Hall–Kier alpha value is -3.59. The average Bonchev–Trinajstić information content (AvgIpc) is 3.35. The van der Waals surface area contributed by atoms with E-state index >= 15 is 0 Å². The minimum Gasteiger partial charge on any atom is -0.397 e. The molecule has 1 aliphatic rings. The minimum absolute atomic E-state index is 0.144. The molecule has 1 unspecified atom stereocenters. The number of carbonyl (C=O) groups is 1. The van der Waals surface area contributed by atoms with Crippen LogP contribution in [0, 0.1) is 17.2 Å². The number of nitriles is 1. The number of likely N-dealkylation sites (tertiary alicyclic amines) is 1. The van der Waals surface area contributed by atoms with E-state index in [1.807, 2.05) is 30.5 Å². The van der Waals surface area contributed by atoms with Gasteiger partial charge in [-0.15, -0.1) is 11.3 Å². The molecular weight excluding hydrogens is 476 g/mol. The van der Waals surface area contributed by atoms with Gasteiger partial charge in [0.15, 0.2) is 0 Å². The van der Waals surface area contributed by atoms with Crippen LogP contribution in [0.2, 0.25) is 0 Å². The summed E-state index contributed by atoms with van der Waals surface area (Å²) in [5.41, 5.74) is 7.35. The standard InChI is InChI=1S/C25H30N8O2S/c1-16(34)12-29-23-19(11-26)20(27)10-22(32-23)24(35)30-13-17-5-8-33(9-6-17)15-18-14-31-25(36-18)21-4-2-3-7-28-21/h2-4,7,10,14,16-17,34H,5-6,8-9,12-13,15H2,1H3,(H,30,35)(H3,27,29,32). The molecule has 4 rings (SSSR count). The molecule has 0 bridgehead atoms. The van der Waals surface area contributed by atoms with Crippen LogP contribution >= 0.6 is 11.3 Å². The van der Waals surface area contributed by atoms with Crippen molar-refractivity contribution < 1.29 is 9.90 Å². The Kier molecular flexibility index (Phi) is 8.43. The van der Waals surface area contributed by atoms with Gasteiger partial charge in [-0.2, -0.15) is 5.26 Å². The quantitative estimate of drug-likeness (QED) is 0.343. The van der Waals surface area contributed by atoms with E-state index in [9.17, 15) is 15.2 Å². The molecule has 1 amide bonds. The van der Waals surface area contributed by atoms with Gasteiger partial charge in [-0.05, 0) is 57.0 Å². The highest BCUT2D eigenvalue weighted by atomic mass is 32.1. The largest absolute Gasteiger partial charge is 0.397 e. The van der Waals surface area contributed by atoms with E-state index < -0.39 is 6.10 Å². The van der Waals surface area contributed by atoms with E-state index in [4.69, 9.17) is 5.73 Å². The molecule has 4 heterocycles. The number of piperidine rings is 1. The van der Waals surface area contributed by atoms with E-state index in [2.05, 4.69) is 30.5 Å². The Morgan fingerprint density at radius 1 is 1.36 bits per heavy atom. The van der Waals surface area contributed by atoms with Gasteiger partial charge in [-0.3, -0.25) is 14.7 Å². The Labute approximate surface area is 214 Å². The van der Waals surface area contributed by atoms with E-state index in [1.165, 1.54) is 10.9 Å². The molecule has 0 spiro atoms. The Morgan fingerprint density at radius 3 is 2.86 bits per heavy atom. The van der Waals surface area contributed by atoms with Gasteiger partial charge in [0.1, 0.15) is 28.2 Å². The zero-order chi connectivity index (χ0) is 25.5. The number of aromatic nitrogens is 3. The first-order valence-corrected chi connectivity index (χ1v) is 12.7. The third-order valence-corrected chi connectivity index (χ3v) is 7.04. The van der Waals surface area contributed by atoms with Crippen molar-refractivity contribution in [1.82, 2.24) is 25.2 Å². The number of nitrogens with zero attached hydrogens (tertiary/aromatic N) is 5. The summed E-state index contributed by atoms with van der Waals surface area (Å²) in [6.45, 7) is 5.12. The summed E-state index contributed by atoms with van der Waals surface area (Å²) in [5, 5.41) is 25.6. The third kappa shape index (κ3) is 6.54. The van der Waals surface area contributed by atoms with Crippen LogP contribution in [0.5, 0.6) is 0 Å². The smallest absolute Gasteiger partial charge is 0.270 e. The van der Waals surface area contributed by atoms with Gasteiger partial charge < -0.3 is 21.5 Å². The molecule has 1 atom stereocenters. The molecule has 0 aromatic carbocycles. The molecule has 188 valence electrons. The summed E-state index contributed by atoms with van der Waals surface area (Å²) in [6.07, 6.45) is 5.04. The van der Waals surface area contributed by atoms with Crippen LogP contribution in [0.3, 0.4) is 0 Å². The van der Waals surface area contributed by atoms with Crippen LogP contribution in [0.4, 0.5) is 11.5 Å². The van der Waals surface area contributed by atoms with Gasteiger partial charge >= 0.3 is 0 Å². The van der Waals surface area contributed by atoms with Crippen LogP contribution in [0.25, 0.3) is 10.7 Å². The van der Waals surface area contributed by atoms with E-state index in [0.717, 1.165) is 43.2 Å². The first-order valence-electron chi connectivity index (χ1n) is 11.9. The normalized spacial score (nSPS) is 15.2. The monoisotopic (exact) mass is 506 g/mol. The highest BCUT2D eigenvalue weighted by Gasteiger charge is 2.22. The zero-order valence-electron chi connectivity index (χ0n) is 20.1. The average molecular weight is 507 g/mol. The number of rotatable bonds is 9. The lowest BCUT2D eigenvalue weighted by molar-refractivity contribution is 0.0930. The predicted molar refractivity (Wildman–Crippen MR) is 139 cm³/mol. The number of amides is 1. The second-order valence-electron chi connectivity index (χ2n) is 8.94. The number of aliphatic hydroxyl groups excluding tert-OH is 1. The van der Waals surface area contributed by atoms with Gasteiger partial charge in [0.25, 0.3) is 5.91 Å². The van der Waals surface area contributed by atoms with E-state index in [1.54, 1.807) is 24.5 Å². The molecule has 1 fully saturated rings. The third-order valence-electron chi connectivity index (χ3n) is 6.03. The van der Waals surface area contributed by atoms with Crippen LogP contribution in [-0.2, 0) is 6.54 Å². The molecule has 3 aromatic rings. The molecule has 0 saturated carbocycles. The van der Waals surface area contributed by atoms with Gasteiger partial charge in [-0.25, -0.2) is 9.97 Å². The Morgan fingerprint density at radius 2 is 2.17 bits per heavy atom.